The number of benzene rings is 1. The molecular weight excluding hydrogens is 238 g/mol. The van der Waals surface area contributed by atoms with Crippen molar-refractivity contribution in [3.63, 3.8) is 0 Å². The fourth-order valence-electron chi connectivity index (χ4n) is 1.99. The molecular formula is C12H13NO5. The van der Waals surface area contributed by atoms with Gasteiger partial charge >= 0.3 is 0 Å². The Bertz CT molecular complexity index is 524. The Labute approximate surface area is 104 Å². The number of carbonyl (C=O) groups is 2. The maximum absolute atomic E-state index is 11.7. The zero-order valence-electron chi connectivity index (χ0n) is 10.3. The van der Waals surface area contributed by atoms with E-state index in [0.717, 1.165) is 0 Å². The molecule has 0 saturated heterocycles. The molecule has 6 nitrogen and oxygen atoms in total. The van der Waals surface area contributed by atoms with Crippen molar-refractivity contribution >= 4 is 11.8 Å². The minimum Gasteiger partial charge on any atom is -0.493 e. The molecule has 2 rings (SSSR count). The predicted molar refractivity (Wildman–Crippen MR) is 62.3 cm³/mol. The first-order chi connectivity index (χ1) is 8.62. The first-order valence-electron chi connectivity index (χ1n) is 5.28. The van der Waals surface area contributed by atoms with Gasteiger partial charge in [0.1, 0.15) is 0 Å². The number of rotatable bonds is 3. The summed E-state index contributed by atoms with van der Waals surface area (Å²) in [6.07, 6.45) is 0.0740. The third kappa shape index (κ3) is 1.75. The van der Waals surface area contributed by atoms with Gasteiger partial charge in [-0.3, -0.25) is 14.9 Å². The van der Waals surface area contributed by atoms with Crippen LogP contribution >= 0.6 is 0 Å². The van der Waals surface area contributed by atoms with E-state index >= 15 is 0 Å². The average molecular weight is 251 g/mol. The lowest BCUT2D eigenvalue weighted by Crippen LogP contribution is -2.37. The van der Waals surface area contributed by atoms with Crippen LogP contribution in [0.3, 0.4) is 0 Å². The van der Waals surface area contributed by atoms with Crippen molar-refractivity contribution in [2.45, 2.75) is 6.42 Å². The molecule has 0 spiro atoms. The third-order valence-corrected chi connectivity index (χ3v) is 2.77. The highest BCUT2D eigenvalue weighted by molar-refractivity contribution is 6.10. The van der Waals surface area contributed by atoms with Gasteiger partial charge in [-0.2, -0.15) is 0 Å². The standard InChI is InChI=1S/C12H13NO5/c1-16-8-4-7-6(5-9(14)13-12(7)15)10(17-2)11(8)18-3/h4H,5H2,1-3H3,(H,13,14,15). The Hall–Kier alpha value is -2.24. The highest BCUT2D eigenvalue weighted by atomic mass is 16.5. The Morgan fingerprint density at radius 2 is 1.72 bits per heavy atom. The summed E-state index contributed by atoms with van der Waals surface area (Å²) in [6, 6.07) is 1.54. The first-order valence-corrected chi connectivity index (χ1v) is 5.28. The summed E-state index contributed by atoms with van der Waals surface area (Å²) >= 11 is 0. The number of hydrogen-bond acceptors (Lipinski definition) is 5. The molecule has 0 bridgehead atoms. The second kappa shape index (κ2) is 4.56. The highest BCUT2D eigenvalue weighted by Crippen LogP contribution is 2.42. The largest absolute Gasteiger partial charge is 0.493 e. The normalized spacial score (nSPS) is 13.7. The molecule has 1 aliphatic rings. The van der Waals surface area contributed by atoms with Crippen molar-refractivity contribution in [1.29, 1.82) is 0 Å². The fraction of sp³-hybridized carbons (Fsp3) is 0.333. The molecule has 6 heteroatoms. The summed E-state index contributed by atoms with van der Waals surface area (Å²) in [6.45, 7) is 0. The summed E-state index contributed by atoms with van der Waals surface area (Å²) in [5, 5.41) is 2.25. The number of amides is 2. The summed E-state index contributed by atoms with van der Waals surface area (Å²) in [7, 11) is 4.39. The van der Waals surface area contributed by atoms with Gasteiger partial charge in [-0.1, -0.05) is 0 Å². The second-order valence-electron chi connectivity index (χ2n) is 3.73. The zero-order chi connectivity index (χ0) is 13.3. The van der Waals surface area contributed by atoms with E-state index in [1.807, 2.05) is 0 Å². The molecule has 0 radical (unpaired) electrons. The number of nitrogens with one attached hydrogen (secondary N) is 1. The van der Waals surface area contributed by atoms with Gasteiger partial charge in [0.25, 0.3) is 5.91 Å². The lowest BCUT2D eigenvalue weighted by atomic mass is 9.97. The maximum Gasteiger partial charge on any atom is 0.258 e. The molecule has 0 aliphatic carbocycles. The first kappa shape index (κ1) is 12.2. The van der Waals surface area contributed by atoms with E-state index in [9.17, 15) is 9.59 Å². The molecule has 0 saturated carbocycles. The molecule has 1 N–H and O–H groups in total. The monoisotopic (exact) mass is 251 g/mol. The van der Waals surface area contributed by atoms with Crippen molar-refractivity contribution in [2.24, 2.45) is 0 Å². The number of imide groups is 1. The van der Waals surface area contributed by atoms with E-state index < -0.39 is 5.91 Å². The van der Waals surface area contributed by atoms with Crippen LogP contribution in [0.4, 0.5) is 0 Å². The van der Waals surface area contributed by atoms with Crippen LogP contribution in [0.25, 0.3) is 0 Å². The number of ether oxygens (including phenoxy) is 3. The number of methoxy groups -OCH3 is 3. The topological polar surface area (TPSA) is 73.9 Å². The smallest absolute Gasteiger partial charge is 0.258 e. The van der Waals surface area contributed by atoms with Gasteiger partial charge in [0.2, 0.25) is 11.7 Å². The van der Waals surface area contributed by atoms with Crippen molar-refractivity contribution in [2.75, 3.05) is 21.3 Å². The van der Waals surface area contributed by atoms with Gasteiger partial charge < -0.3 is 14.2 Å². The van der Waals surface area contributed by atoms with Crippen LogP contribution in [-0.2, 0) is 11.2 Å². The lowest BCUT2D eigenvalue weighted by molar-refractivity contribution is -0.119. The van der Waals surface area contributed by atoms with Crippen LogP contribution < -0.4 is 19.5 Å². The van der Waals surface area contributed by atoms with E-state index in [0.29, 0.717) is 28.4 Å². The fourth-order valence-corrected chi connectivity index (χ4v) is 1.99. The van der Waals surface area contributed by atoms with E-state index in [-0.39, 0.29) is 12.3 Å². The average Bonchev–Trinajstić information content (AvgIpc) is 2.36. The van der Waals surface area contributed by atoms with Crippen LogP contribution in [-0.4, -0.2) is 33.1 Å². The summed E-state index contributed by atoms with van der Waals surface area (Å²) in [5.41, 5.74) is 0.882. The van der Waals surface area contributed by atoms with Crippen LogP contribution in [0.2, 0.25) is 0 Å². The molecule has 0 atom stereocenters. The summed E-state index contributed by atoms with van der Waals surface area (Å²) in [4.78, 5) is 23.1. The van der Waals surface area contributed by atoms with Gasteiger partial charge in [-0.25, -0.2) is 0 Å². The quantitative estimate of drug-likeness (QED) is 0.793. The minimum absolute atomic E-state index is 0.0740. The van der Waals surface area contributed by atoms with Gasteiger partial charge in [0.05, 0.1) is 33.3 Å². The lowest BCUT2D eigenvalue weighted by Gasteiger charge is -2.21. The van der Waals surface area contributed by atoms with E-state index in [4.69, 9.17) is 14.2 Å². The third-order valence-electron chi connectivity index (χ3n) is 2.77. The maximum atomic E-state index is 11.7. The van der Waals surface area contributed by atoms with Crippen molar-refractivity contribution in [3.8, 4) is 17.2 Å². The summed E-state index contributed by atoms with van der Waals surface area (Å²) < 4.78 is 15.6. The molecule has 96 valence electrons. The molecule has 1 aromatic carbocycles. The number of carbonyl (C=O) groups excluding carboxylic acids is 2. The van der Waals surface area contributed by atoms with Crippen molar-refractivity contribution in [1.82, 2.24) is 5.32 Å². The van der Waals surface area contributed by atoms with Gasteiger partial charge in [0.15, 0.2) is 11.5 Å². The summed E-state index contributed by atoms with van der Waals surface area (Å²) in [5.74, 6) is 0.299. The number of hydrogen-bond donors (Lipinski definition) is 1. The van der Waals surface area contributed by atoms with Gasteiger partial charge in [-0.15, -0.1) is 0 Å². The molecule has 0 fully saturated rings. The molecule has 18 heavy (non-hydrogen) atoms. The number of fused-ring (bicyclic) bond motifs is 1. The van der Waals surface area contributed by atoms with Gasteiger partial charge in [-0.05, 0) is 6.07 Å². The zero-order valence-corrected chi connectivity index (χ0v) is 10.3. The van der Waals surface area contributed by atoms with Crippen molar-refractivity contribution < 1.29 is 23.8 Å². The van der Waals surface area contributed by atoms with Crippen LogP contribution in [0.5, 0.6) is 17.2 Å². The molecule has 2 amide bonds. The molecule has 0 unspecified atom stereocenters. The molecule has 1 heterocycles. The van der Waals surface area contributed by atoms with Gasteiger partial charge in [0, 0.05) is 5.56 Å². The van der Waals surface area contributed by atoms with E-state index in [1.54, 1.807) is 6.07 Å². The van der Waals surface area contributed by atoms with E-state index in [1.165, 1.54) is 21.3 Å². The van der Waals surface area contributed by atoms with E-state index in [2.05, 4.69) is 5.32 Å². The Morgan fingerprint density at radius 1 is 1.06 bits per heavy atom. The SMILES string of the molecule is COc1cc2c(c(OC)c1OC)CC(=O)NC2=O. The van der Waals surface area contributed by atoms with Crippen molar-refractivity contribution in [3.05, 3.63) is 17.2 Å². The Kier molecular flexibility index (Phi) is 3.10. The molecule has 1 aromatic rings. The van der Waals surface area contributed by atoms with Crippen LogP contribution in [0.15, 0.2) is 6.07 Å². The molecule has 1 aliphatic heterocycles. The van der Waals surface area contributed by atoms with Crippen LogP contribution in [0.1, 0.15) is 15.9 Å². The second-order valence-corrected chi connectivity index (χ2v) is 3.73. The predicted octanol–water partition coefficient (Wildman–Crippen LogP) is 0.525. The minimum atomic E-state index is -0.458. The Morgan fingerprint density at radius 3 is 2.28 bits per heavy atom. The molecule has 0 aromatic heterocycles. The highest BCUT2D eigenvalue weighted by Gasteiger charge is 2.29. The van der Waals surface area contributed by atoms with Crippen LogP contribution in [0, 0.1) is 0 Å². The Balaban J connectivity index is 2.71.